The molecule has 0 saturated carbocycles. The minimum Gasteiger partial charge on any atom is -0.385 e. The van der Waals surface area contributed by atoms with E-state index >= 15 is 0 Å². The molecule has 0 saturated heterocycles. The lowest BCUT2D eigenvalue weighted by molar-refractivity contribution is 0.198. The minimum absolute atomic E-state index is 0.755. The highest BCUT2D eigenvalue weighted by atomic mass is 16.5. The Morgan fingerprint density at radius 1 is 1.12 bits per heavy atom. The molecule has 0 aliphatic rings. The highest BCUT2D eigenvalue weighted by Crippen LogP contribution is 2.07. The Bertz CT molecular complexity index is 308. The number of hydrogen-bond donors (Lipinski definition) is 3. The van der Waals surface area contributed by atoms with Gasteiger partial charge in [-0.3, -0.25) is 0 Å². The number of nitrogens with one attached hydrogen (secondary N) is 3. The second kappa shape index (κ2) is 8.72. The zero-order valence-electron chi connectivity index (χ0n) is 10.5. The van der Waals surface area contributed by atoms with Crippen LogP contribution < -0.4 is 16.0 Å². The second-order valence-corrected chi connectivity index (χ2v) is 3.59. The molecule has 1 heterocycles. The Morgan fingerprint density at radius 3 is 2.47 bits per heavy atom. The van der Waals surface area contributed by atoms with Crippen molar-refractivity contribution in [3.63, 3.8) is 0 Å². The molecule has 96 valence electrons. The summed E-state index contributed by atoms with van der Waals surface area (Å²) in [5, 5.41) is 9.50. The van der Waals surface area contributed by atoms with Gasteiger partial charge in [0, 0.05) is 39.4 Å². The molecule has 3 N–H and O–H groups in total. The third kappa shape index (κ3) is 6.03. The Morgan fingerprint density at radius 2 is 1.82 bits per heavy atom. The van der Waals surface area contributed by atoms with E-state index in [1.54, 1.807) is 13.4 Å². The maximum atomic E-state index is 4.98. The molecular weight excluding hydrogens is 218 g/mol. The van der Waals surface area contributed by atoms with E-state index in [0.29, 0.717) is 0 Å². The molecule has 1 aromatic heterocycles. The van der Waals surface area contributed by atoms with Gasteiger partial charge >= 0.3 is 0 Å². The smallest absolute Gasteiger partial charge is 0.131 e. The lowest BCUT2D eigenvalue weighted by atomic mass is 10.4. The Labute approximate surface area is 102 Å². The summed E-state index contributed by atoms with van der Waals surface area (Å²) in [6.45, 7) is 3.35. The molecule has 17 heavy (non-hydrogen) atoms. The van der Waals surface area contributed by atoms with Crippen molar-refractivity contribution in [2.45, 2.75) is 6.42 Å². The van der Waals surface area contributed by atoms with E-state index in [1.807, 2.05) is 13.1 Å². The molecule has 1 aromatic rings. The van der Waals surface area contributed by atoms with Crippen molar-refractivity contribution < 1.29 is 4.74 Å². The summed E-state index contributed by atoms with van der Waals surface area (Å²) in [6, 6.07) is 1.91. The van der Waals surface area contributed by atoms with Crippen LogP contribution in [0.5, 0.6) is 0 Å². The molecule has 0 radical (unpaired) electrons. The maximum absolute atomic E-state index is 4.98. The Hall–Kier alpha value is -1.40. The monoisotopic (exact) mass is 239 g/mol. The summed E-state index contributed by atoms with van der Waals surface area (Å²) in [6.07, 6.45) is 2.52. The molecule has 1 rings (SSSR count). The zero-order chi connectivity index (χ0) is 12.3. The summed E-state index contributed by atoms with van der Waals surface area (Å²) >= 11 is 0. The summed E-state index contributed by atoms with van der Waals surface area (Å²) in [4.78, 5) is 8.29. The summed E-state index contributed by atoms with van der Waals surface area (Å²) in [5.74, 6) is 1.67. The molecule has 0 aliphatic carbocycles. The molecule has 0 aromatic carbocycles. The van der Waals surface area contributed by atoms with Crippen LogP contribution in [0.4, 0.5) is 11.6 Å². The molecule has 0 bridgehead atoms. The first-order valence-corrected chi connectivity index (χ1v) is 5.80. The number of aromatic nitrogens is 2. The van der Waals surface area contributed by atoms with Gasteiger partial charge < -0.3 is 20.7 Å². The van der Waals surface area contributed by atoms with Crippen LogP contribution in [0.2, 0.25) is 0 Å². The summed E-state index contributed by atoms with van der Waals surface area (Å²) in [7, 11) is 3.62. The quantitative estimate of drug-likeness (QED) is 0.547. The van der Waals surface area contributed by atoms with Gasteiger partial charge in [-0.2, -0.15) is 0 Å². The third-order valence-corrected chi connectivity index (χ3v) is 2.18. The highest BCUT2D eigenvalue weighted by Gasteiger charge is 1.97. The van der Waals surface area contributed by atoms with Gasteiger partial charge in [-0.05, 0) is 13.5 Å². The van der Waals surface area contributed by atoms with Crippen LogP contribution in [-0.2, 0) is 4.74 Å². The standard InChI is InChI=1S/C11H21N5O/c1-12-5-6-14-11-8-10(15-9-16-11)13-4-3-7-17-2/h8-9,12H,3-7H2,1-2H3,(H2,13,14,15,16). The first kappa shape index (κ1) is 13.7. The van der Waals surface area contributed by atoms with Gasteiger partial charge in [-0.25, -0.2) is 9.97 Å². The molecule has 0 fully saturated rings. The average molecular weight is 239 g/mol. The van der Waals surface area contributed by atoms with Gasteiger partial charge in [0.15, 0.2) is 0 Å². The molecule has 0 spiro atoms. The number of rotatable bonds is 9. The fourth-order valence-corrected chi connectivity index (χ4v) is 1.30. The Balaban J connectivity index is 2.31. The van der Waals surface area contributed by atoms with Crippen molar-refractivity contribution in [1.29, 1.82) is 0 Å². The number of hydrogen-bond acceptors (Lipinski definition) is 6. The molecule has 0 atom stereocenters. The van der Waals surface area contributed by atoms with Crippen LogP contribution in [0.3, 0.4) is 0 Å². The van der Waals surface area contributed by atoms with Crippen molar-refractivity contribution in [1.82, 2.24) is 15.3 Å². The molecule has 0 unspecified atom stereocenters. The van der Waals surface area contributed by atoms with E-state index in [0.717, 1.165) is 44.3 Å². The Kier molecular flexibility index (Phi) is 7.01. The predicted octanol–water partition coefficient (Wildman–Crippen LogP) is 0.556. The van der Waals surface area contributed by atoms with Gasteiger partial charge in [0.05, 0.1) is 0 Å². The first-order chi connectivity index (χ1) is 8.36. The van der Waals surface area contributed by atoms with Gasteiger partial charge in [0.25, 0.3) is 0 Å². The molecule has 0 aliphatic heterocycles. The van der Waals surface area contributed by atoms with Crippen molar-refractivity contribution in [2.24, 2.45) is 0 Å². The van der Waals surface area contributed by atoms with Crippen LogP contribution in [0.15, 0.2) is 12.4 Å². The zero-order valence-corrected chi connectivity index (χ0v) is 10.5. The van der Waals surface area contributed by atoms with E-state index in [9.17, 15) is 0 Å². The van der Waals surface area contributed by atoms with Gasteiger partial charge in [0.2, 0.25) is 0 Å². The van der Waals surface area contributed by atoms with Crippen LogP contribution in [-0.4, -0.2) is 50.4 Å². The fraction of sp³-hybridized carbons (Fsp3) is 0.636. The largest absolute Gasteiger partial charge is 0.385 e. The predicted molar refractivity (Wildman–Crippen MR) is 69.4 cm³/mol. The number of anilines is 2. The minimum atomic E-state index is 0.755. The average Bonchev–Trinajstić information content (AvgIpc) is 2.36. The van der Waals surface area contributed by atoms with Crippen molar-refractivity contribution in [3.8, 4) is 0 Å². The highest BCUT2D eigenvalue weighted by molar-refractivity contribution is 5.46. The summed E-state index contributed by atoms with van der Waals surface area (Å²) in [5.41, 5.74) is 0. The van der Waals surface area contributed by atoms with E-state index in [2.05, 4.69) is 25.9 Å². The lowest BCUT2D eigenvalue weighted by Crippen LogP contribution is -2.18. The number of methoxy groups -OCH3 is 1. The van der Waals surface area contributed by atoms with Gasteiger partial charge in [0.1, 0.15) is 18.0 Å². The third-order valence-electron chi connectivity index (χ3n) is 2.18. The van der Waals surface area contributed by atoms with Crippen LogP contribution in [0.25, 0.3) is 0 Å². The van der Waals surface area contributed by atoms with Crippen LogP contribution in [0, 0.1) is 0 Å². The number of nitrogens with zero attached hydrogens (tertiary/aromatic N) is 2. The number of likely N-dealkylation sites (N-methyl/N-ethyl adjacent to an activating group) is 1. The van der Waals surface area contributed by atoms with Crippen molar-refractivity contribution in [2.75, 3.05) is 51.0 Å². The van der Waals surface area contributed by atoms with Crippen molar-refractivity contribution >= 4 is 11.6 Å². The van der Waals surface area contributed by atoms with Gasteiger partial charge in [-0.1, -0.05) is 0 Å². The normalized spacial score (nSPS) is 10.2. The van der Waals surface area contributed by atoms with E-state index in [-0.39, 0.29) is 0 Å². The van der Waals surface area contributed by atoms with Crippen LogP contribution >= 0.6 is 0 Å². The second-order valence-electron chi connectivity index (χ2n) is 3.59. The maximum Gasteiger partial charge on any atom is 0.131 e. The molecule has 6 heteroatoms. The van der Waals surface area contributed by atoms with Crippen LogP contribution in [0.1, 0.15) is 6.42 Å². The summed E-state index contributed by atoms with van der Waals surface area (Å²) < 4.78 is 4.98. The topological polar surface area (TPSA) is 71.1 Å². The molecular formula is C11H21N5O. The SMILES string of the molecule is CNCCNc1cc(NCCCOC)ncn1. The van der Waals surface area contributed by atoms with E-state index in [1.165, 1.54) is 0 Å². The van der Waals surface area contributed by atoms with Gasteiger partial charge in [-0.15, -0.1) is 0 Å². The first-order valence-electron chi connectivity index (χ1n) is 5.80. The fourth-order valence-electron chi connectivity index (χ4n) is 1.30. The lowest BCUT2D eigenvalue weighted by Gasteiger charge is -2.08. The van der Waals surface area contributed by atoms with E-state index in [4.69, 9.17) is 4.74 Å². The molecule has 0 amide bonds. The number of ether oxygens (including phenoxy) is 1. The van der Waals surface area contributed by atoms with Crippen molar-refractivity contribution in [3.05, 3.63) is 12.4 Å². The molecule has 6 nitrogen and oxygen atoms in total. The van der Waals surface area contributed by atoms with E-state index < -0.39 is 0 Å².